The van der Waals surface area contributed by atoms with E-state index in [9.17, 15) is 4.39 Å². The van der Waals surface area contributed by atoms with Gasteiger partial charge in [0, 0.05) is 30.8 Å². The molecule has 2 nitrogen and oxygen atoms in total. The second kappa shape index (κ2) is 5.97. The predicted octanol–water partition coefficient (Wildman–Crippen LogP) is 2.94. The highest BCUT2D eigenvalue weighted by molar-refractivity contribution is 7.80. The average molecular weight is 280 g/mol. The molecular weight excluding hydrogens is 259 g/mol. The molecule has 2 atom stereocenters. The van der Waals surface area contributed by atoms with E-state index in [1.165, 1.54) is 12.5 Å². The van der Waals surface area contributed by atoms with Crippen LogP contribution in [0, 0.1) is 17.7 Å². The van der Waals surface area contributed by atoms with E-state index in [2.05, 4.69) is 18.7 Å². The highest BCUT2D eigenvalue weighted by Gasteiger charge is 2.22. The van der Waals surface area contributed by atoms with E-state index in [4.69, 9.17) is 18.0 Å². The Morgan fingerprint density at radius 1 is 1.37 bits per heavy atom. The molecule has 1 saturated heterocycles. The summed E-state index contributed by atoms with van der Waals surface area (Å²) in [6, 6.07) is 4.88. The smallest absolute Gasteiger partial charge is 0.127 e. The van der Waals surface area contributed by atoms with Crippen molar-refractivity contribution in [2.75, 3.05) is 13.1 Å². The molecule has 1 fully saturated rings. The first-order valence-corrected chi connectivity index (χ1v) is 7.17. The second-order valence-corrected chi connectivity index (χ2v) is 6.25. The molecule has 104 valence electrons. The SMILES string of the molecule is CC1CC(C)CN(Cc2cc(C(N)=S)ccc2F)C1. The number of thiocarbonyl (C=S) groups is 1. The zero-order valence-electron chi connectivity index (χ0n) is 11.5. The van der Waals surface area contributed by atoms with Crippen LogP contribution in [0.15, 0.2) is 18.2 Å². The van der Waals surface area contributed by atoms with Gasteiger partial charge in [-0.2, -0.15) is 0 Å². The molecule has 0 spiro atoms. The normalized spacial score (nSPS) is 24.4. The van der Waals surface area contributed by atoms with Crippen LogP contribution in [0.2, 0.25) is 0 Å². The van der Waals surface area contributed by atoms with Crippen LogP contribution in [0.1, 0.15) is 31.4 Å². The minimum Gasteiger partial charge on any atom is -0.389 e. The van der Waals surface area contributed by atoms with Crippen molar-refractivity contribution < 1.29 is 4.39 Å². The standard InChI is InChI=1S/C15H21FN2S/c1-10-5-11(2)8-18(7-10)9-13-6-12(15(17)19)3-4-14(13)16/h3-4,6,10-11H,5,7-9H2,1-2H3,(H2,17,19). The van der Waals surface area contributed by atoms with E-state index in [-0.39, 0.29) is 5.82 Å². The monoisotopic (exact) mass is 280 g/mol. The molecule has 19 heavy (non-hydrogen) atoms. The summed E-state index contributed by atoms with van der Waals surface area (Å²) in [4.78, 5) is 2.64. The number of hydrogen-bond acceptors (Lipinski definition) is 2. The fourth-order valence-corrected chi connectivity index (χ4v) is 3.14. The van der Waals surface area contributed by atoms with Crippen molar-refractivity contribution in [2.45, 2.75) is 26.8 Å². The Morgan fingerprint density at radius 3 is 2.58 bits per heavy atom. The minimum absolute atomic E-state index is 0.175. The van der Waals surface area contributed by atoms with Gasteiger partial charge >= 0.3 is 0 Å². The van der Waals surface area contributed by atoms with Gasteiger partial charge in [-0.1, -0.05) is 26.1 Å². The summed E-state index contributed by atoms with van der Waals surface area (Å²) in [5, 5.41) is 0. The van der Waals surface area contributed by atoms with E-state index < -0.39 is 0 Å². The van der Waals surface area contributed by atoms with E-state index in [0.717, 1.165) is 18.7 Å². The van der Waals surface area contributed by atoms with E-state index in [0.29, 0.717) is 28.9 Å². The number of nitrogens with zero attached hydrogens (tertiary/aromatic N) is 1. The predicted molar refractivity (Wildman–Crippen MR) is 80.5 cm³/mol. The van der Waals surface area contributed by atoms with Gasteiger partial charge in [-0.3, -0.25) is 4.90 Å². The summed E-state index contributed by atoms with van der Waals surface area (Å²) in [6.07, 6.45) is 1.26. The number of likely N-dealkylation sites (tertiary alicyclic amines) is 1. The Labute approximate surface area is 119 Å². The average Bonchev–Trinajstić information content (AvgIpc) is 2.30. The summed E-state index contributed by atoms with van der Waals surface area (Å²) >= 11 is 4.95. The van der Waals surface area contributed by atoms with Gasteiger partial charge in [0.05, 0.1) is 0 Å². The van der Waals surface area contributed by atoms with Crippen LogP contribution < -0.4 is 5.73 Å². The number of hydrogen-bond donors (Lipinski definition) is 1. The maximum absolute atomic E-state index is 13.9. The van der Waals surface area contributed by atoms with Crippen molar-refractivity contribution in [3.05, 3.63) is 35.1 Å². The van der Waals surface area contributed by atoms with Gasteiger partial charge in [0.1, 0.15) is 10.8 Å². The van der Waals surface area contributed by atoms with Crippen LogP contribution in [0.5, 0.6) is 0 Å². The number of halogens is 1. The molecule has 2 rings (SSSR count). The Balaban J connectivity index is 2.13. The zero-order chi connectivity index (χ0) is 14.0. The third-order valence-electron chi connectivity index (χ3n) is 3.67. The largest absolute Gasteiger partial charge is 0.389 e. The Kier molecular flexibility index (Phi) is 4.53. The van der Waals surface area contributed by atoms with Crippen molar-refractivity contribution in [3.63, 3.8) is 0 Å². The van der Waals surface area contributed by atoms with Gasteiger partial charge in [-0.25, -0.2) is 4.39 Å². The number of benzene rings is 1. The third kappa shape index (κ3) is 3.74. The molecule has 0 amide bonds. The minimum atomic E-state index is -0.175. The number of piperidine rings is 1. The van der Waals surface area contributed by atoms with Gasteiger partial charge in [0.25, 0.3) is 0 Å². The van der Waals surface area contributed by atoms with E-state index >= 15 is 0 Å². The van der Waals surface area contributed by atoms with Crippen LogP contribution in [-0.4, -0.2) is 23.0 Å². The van der Waals surface area contributed by atoms with Crippen LogP contribution in [0.3, 0.4) is 0 Å². The van der Waals surface area contributed by atoms with Crippen molar-refractivity contribution >= 4 is 17.2 Å². The van der Waals surface area contributed by atoms with Crippen LogP contribution >= 0.6 is 12.2 Å². The Bertz CT molecular complexity index is 465. The fraction of sp³-hybridized carbons (Fsp3) is 0.533. The lowest BCUT2D eigenvalue weighted by atomic mass is 9.91. The topological polar surface area (TPSA) is 29.3 Å². The molecule has 1 aliphatic rings. The summed E-state index contributed by atoms with van der Waals surface area (Å²) in [7, 11) is 0. The molecule has 2 N–H and O–H groups in total. The zero-order valence-corrected chi connectivity index (χ0v) is 12.3. The van der Waals surface area contributed by atoms with Gasteiger partial charge in [0.2, 0.25) is 0 Å². The van der Waals surface area contributed by atoms with Crippen LogP contribution in [0.4, 0.5) is 4.39 Å². The van der Waals surface area contributed by atoms with Gasteiger partial charge < -0.3 is 5.73 Å². The summed E-state index contributed by atoms with van der Waals surface area (Å²) < 4.78 is 13.9. The molecule has 0 aliphatic carbocycles. The molecule has 1 aromatic rings. The summed E-state index contributed by atoms with van der Waals surface area (Å²) in [5.41, 5.74) is 7.03. The molecule has 2 unspecified atom stereocenters. The third-order valence-corrected chi connectivity index (χ3v) is 3.90. The number of nitrogens with two attached hydrogens (primary N) is 1. The van der Waals surface area contributed by atoms with Crippen molar-refractivity contribution in [1.82, 2.24) is 4.90 Å². The Hall–Kier alpha value is -1.00. The first-order valence-electron chi connectivity index (χ1n) is 6.76. The van der Waals surface area contributed by atoms with Crippen LogP contribution in [0.25, 0.3) is 0 Å². The molecule has 1 aromatic carbocycles. The van der Waals surface area contributed by atoms with E-state index in [1.807, 2.05) is 0 Å². The number of rotatable bonds is 3. The molecule has 0 aromatic heterocycles. The fourth-order valence-electron chi connectivity index (χ4n) is 3.01. The lowest BCUT2D eigenvalue weighted by Gasteiger charge is -2.35. The highest BCUT2D eigenvalue weighted by atomic mass is 32.1. The molecule has 0 bridgehead atoms. The molecular formula is C15H21FN2S. The maximum Gasteiger partial charge on any atom is 0.127 e. The van der Waals surface area contributed by atoms with Gasteiger partial charge in [-0.05, 0) is 36.5 Å². The van der Waals surface area contributed by atoms with Crippen LogP contribution in [-0.2, 0) is 6.54 Å². The summed E-state index contributed by atoms with van der Waals surface area (Å²) in [5.74, 6) is 1.17. The van der Waals surface area contributed by atoms with Gasteiger partial charge in [0.15, 0.2) is 0 Å². The molecule has 0 saturated carbocycles. The molecule has 1 heterocycles. The maximum atomic E-state index is 13.9. The first-order chi connectivity index (χ1) is 8.95. The summed E-state index contributed by atoms with van der Waals surface area (Å²) in [6.45, 7) is 7.20. The molecule has 1 aliphatic heterocycles. The Morgan fingerprint density at radius 2 is 2.00 bits per heavy atom. The second-order valence-electron chi connectivity index (χ2n) is 5.81. The van der Waals surface area contributed by atoms with E-state index in [1.54, 1.807) is 12.1 Å². The lowest BCUT2D eigenvalue weighted by Crippen LogP contribution is -2.38. The first kappa shape index (κ1) is 14.4. The lowest BCUT2D eigenvalue weighted by molar-refractivity contribution is 0.133. The van der Waals surface area contributed by atoms with Crippen molar-refractivity contribution in [1.29, 1.82) is 0 Å². The molecule has 0 radical (unpaired) electrons. The van der Waals surface area contributed by atoms with Crippen molar-refractivity contribution in [2.24, 2.45) is 17.6 Å². The van der Waals surface area contributed by atoms with Gasteiger partial charge in [-0.15, -0.1) is 0 Å². The van der Waals surface area contributed by atoms with Crippen molar-refractivity contribution in [3.8, 4) is 0 Å². The highest BCUT2D eigenvalue weighted by Crippen LogP contribution is 2.23. The molecule has 4 heteroatoms. The quantitative estimate of drug-likeness (QED) is 0.863.